The number of nitrogens with zero attached hydrogens (tertiary/aromatic N) is 1. The molecule has 1 saturated heterocycles. The zero-order valence-corrected chi connectivity index (χ0v) is 14.8. The lowest BCUT2D eigenvalue weighted by atomic mass is 10.2. The number of hydrogen-bond acceptors (Lipinski definition) is 4. The minimum absolute atomic E-state index is 0.109. The lowest BCUT2D eigenvalue weighted by Crippen LogP contribution is -2.27. The summed E-state index contributed by atoms with van der Waals surface area (Å²) in [6.07, 6.45) is 1.73. The van der Waals surface area contributed by atoms with E-state index in [1.165, 1.54) is 11.8 Å². The topological polar surface area (TPSA) is 33.5 Å². The van der Waals surface area contributed by atoms with Crippen molar-refractivity contribution in [1.82, 2.24) is 0 Å². The lowest BCUT2D eigenvalue weighted by molar-refractivity contribution is -0.113. The molecule has 1 amide bonds. The Bertz CT molecular complexity index is 767. The molecule has 2 heterocycles. The van der Waals surface area contributed by atoms with Crippen LogP contribution in [0.2, 0.25) is 0 Å². The number of amides is 1. The highest BCUT2D eigenvalue weighted by Crippen LogP contribution is 2.36. The van der Waals surface area contributed by atoms with Gasteiger partial charge in [0, 0.05) is 6.08 Å². The summed E-state index contributed by atoms with van der Waals surface area (Å²) in [6.45, 7) is 1.99. The van der Waals surface area contributed by atoms with E-state index >= 15 is 0 Å². The molecule has 2 aromatic rings. The van der Waals surface area contributed by atoms with E-state index in [2.05, 4.69) is 22.6 Å². The average molecular weight is 427 g/mol. The Balaban J connectivity index is 1.94. The van der Waals surface area contributed by atoms with Crippen molar-refractivity contribution < 1.29 is 9.21 Å². The minimum atomic E-state index is -0.109. The SMILES string of the molecule is Cc1cccc(N2C(=O)/C(=C/c3ccc(I)o3)SC2=S)c1. The van der Waals surface area contributed by atoms with Gasteiger partial charge in [0.2, 0.25) is 0 Å². The molecule has 0 spiro atoms. The highest BCUT2D eigenvalue weighted by Gasteiger charge is 2.33. The quantitative estimate of drug-likeness (QED) is 0.399. The standard InChI is InChI=1S/C15H10INO2S2/c1-9-3-2-4-10(7-9)17-14(18)12(21-15(17)20)8-11-5-6-13(16)19-11/h2-8H,1H3/b12-8-. The van der Waals surface area contributed by atoms with E-state index in [1.54, 1.807) is 11.0 Å². The molecule has 1 aliphatic heterocycles. The van der Waals surface area contributed by atoms with Crippen molar-refractivity contribution in [2.24, 2.45) is 0 Å². The van der Waals surface area contributed by atoms with Crippen molar-refractivity contribution in [3.05, 3.63) is 56.4 Å². The summed E-state index contributed by atoms with van der Waals surface area (Å²) in [5.74, 6) is 0.547. The fraction of sp³-hybridized carbons (Fsp3) is 0.0667. The van der Waals surface area contributed by atoms with Gasteiger partial charge in [-0.25, -0.2) is 0 Å². The summed E-state index contributed by atoms with van der Waals surface area (Å²) < 4.78 is 6.80. The molecular weight excluding hydrogens is 417 g/mol. The largest absolute Gasteiger partial charge is 0.451 e. The number of carbonyl (C=O) groups is 1. The van der Waals surface area contributed by atoms with Crippen LogP contribution in [0.15, 0.2) is 45.7 Å². The Morgan fingerprint density at radius 2 is 2.14 bits per heavy atom. The van der Waals surface area contributed by atoms with Crippen molar-refractivity contribution in [1.29, 1.82) is 0 Å². The van der Waals surface area contributed by atoms with Crippen LogP contribution < -0.4 is 4.90 Å². The van der Waals surface area contributed by atoms with Crippen LogP contribution in [0.5, 0.6) is 0 Å². The van der Waals surface area contributed by atoms with Crippen LogP contribution in [0.1, 0.15) is 11.3 Å². The van der Waals surface area contributed by atoms with E-state index in [0.717, 1.165) is 15.0 Å². The molecule has 0 atom stereocenters. The summed E-state index contributed by atoms with van der Waals surface area (Å²) in [7, 11) is 0. The van der Waals surface area contributed by atoms with Crippen LogP contribution in [0, 0.1) is 10.7 Å². The van der Waals surface area contributed by atoms with Gasteiger partial charge in [0.25, 0.3) is 5.91 Å². The first-order valence-electron chi connectivity index (χ1n) is 6.14. The van der Waals surface area contributed by atoms with Crippen LogP contribution in [0.4, 0.5) is 5.69 Å². The predicted molar refractivity (Wildman–Crippen MR) is 98.3 cm³/mol. The number of furan rings is 1. The third kappa shape index (κ3) is 3.07. The normalized spacial score (nSPS) is 17.0. The lowest BCUT2D eigenvalue weighted by Gasteiger charge is -2.14. The molecule has 1 aromatic heterocycles. The van der Waals surface area contributed by atoms with Crippen molar-refractivity contribution in [3.63, 3.8) is 0 Å². The second-order valence-electron chi connectivity index (χ2n) is 4.50. The van der Waals surface area contributed by atoms with E-state index in [1.807, 2.05) is 43.3 Å². The first-order valence-corrected chi connectivity index (χ1v) is 8.45. The van der Waals surface area contributed by atoms with E-state index in [9.17, 15) is 4.79 Å². The maximum atomic E-state index is 12.5. The number of carbonyl (C=O) groups excluding carboxylic acids is 1. The van der Waals surface area contributed by atoms with Gasteiger partial charge in [-0.15, -0.1) is 0 Å². The molecule has 6 heteroatoms. The monoisotopic (exact) mass is 427 g/mol. The molecule has 0 N–H and O–H groups in total. The van der Waals surface area contributed by atoms with Gasteiger partial charge < -0.3 is 4.42 Å². The minimum Gasteiger partial charge on any atom is -0.451 e. The number of thiocarbonyl (C=S) groups is 1. The van der Waals surface area contributed by atoms with Gasteiger partial charge >= 0.3 is 0 Å². The van der Waals surface area contributed by atoms with Gasteiger partial charge in [0.05, 0.1) is 10.6 Å². The highest BCUT2D eigenvalue weighted by atomic mass is 127. The Hall–Kier alpha value is -1.12. The Labute approximate surface area is 145 Å². The number of thioether (sulfide) groups is 1. The molecule has 21 heavy (non-hydrogen) atoms. The number of hydrogen-bond donors (Lipinski definition) is 0. The molecule has 106 valence electrons. The van der Waals surface area contributed by atoms with Gasteiger partial charge in [-0.3, -0.25) is 9.69 Å². The number of aryl methyl sites for hydroxylation is 1. The van der Waals surface area contributed by atoms with Crippen LogP contribution >= 0.6 is 46.6 Å². The summed E-state index contributed by atoms with van der Waals surface area (Å²) >= 11 is 8.72. The Morgan fingerprint density at radius 1 is 1.33 bits per heavy atom. The molecule has 0 aliphatic carbocycles. The molecule has 1 aliphatic rings. The molecule has 0 saturated carbocycles. The van der Waals surface area contributed by atoms with E-state index in [0.29, 0.717) is 15.0 Å². The van der Waals surface area contributed by atoms with E-state index in [4.69, 9.17) is 16.6 Å². The fourth-order valence-corrected chi connectivity index (χ4v) is 3.71. The van der Waals surface area contributed by atoms with E-state index < -0.39 is 0 Å². The van der Waals surface area contributed by atoms with Crippen molar-refractivity contribution in [2.45, 2.75) is 6.92 Å². The number of anilines is 1. The number of halogens is 1. The summed E-state index contributed by atoms with van der Waals surface area (Å²) in [5, 5.41) is 0. The van der Waals surface area contributed by atoms with Crippen LogP contribution in [0.3, 0.4) is 0 Å². The molecule has 0 radical (unpaired) electrons. The predicted octanol–water partition coefficient (Wildman–Crippen LogP) is 4.60. The smallest absolute Gasteiger partial charge is 0.270 e. The third-order valence-corrected chi connectivity index (χ3v) is 4.80. The van der Waals surface area contributed by atoms with Crippen LogP contribution in [0.25, 0.3) is 6.08 Å². The van der Waals surface area contributed by atoms with Gasteiger partial charge in [0.15, 0.2) is 8.09 Å². The highest BCUT2D eigenvalue weighted by molar-refractivity contribution is 14.1. The van der Waals surface area contributed by atoms with Gasteiger partial charge in [-0.05, 0) is 59.3 Å². The third-order valence-electron chi connectivity index (χ3n) is 2.92. The Morgan fingerprint density at radius 3 is 2.81 bits per heavy atom. The van der Waals surface area contributed by atoms with Gasteiger partial charge in [-0.1, -0.05) is 36.1 Å². The molecule has 0 bridgehead atoms. The maximum Gasteiger partial charge on any atom is 0.270 e. The summed E-state index contributed by atoms with van der Waals surface area (Å²) in [5.41, 5.74) is 1.89. The Kier molecular flexibility index (Phi) is 4.19. The van der Waals surface area contributed by atoms with E-state index in [-0.39, 0.29) is 5.91 Å². The van der Waals surface area contributed by atoms with Crippen LogP contribution in [-0.4, -0.2) is 10.2 Å². The van der Waals surface area contributed by atoms with Crippen molar-refractivity contribution in [3.8, 4) is 0 Å². The molecule has 0 unspecified atom stereocenters. The second kappa shape index (κ2) is 5.94. The molecule has 1 fully saturated rings. The molecule has 1 aromatic carbocycles. The van der Waals surface area contributed by atoms with Crippen molar-refractivity contribution in [2.75, 3.05) is 4.90 Å². The average Bonchev–Trinajstić information content (AvgIpc) is 2.94. The number of rotatable bonds is 2. The van der Waals surface area contributed by atoms with Crippen molar-refractivity contribution >= 4 is 68.6 Å². The fourth-order valence-electron chi connectivity index (χ4n) is 1.99. The number of benzene rings is 1. The molecule has 3 rings (SSSR count). The van der Waals surface area contributed by atoms with Gasteiger partial charge in [-0.2, -0.15) is 0 Å². The maximum absolute atomic E-state index is 12.5. The molecule has 3 nitrogen and oxygen atoms in total. The van der Waals surface area contributed by atoms with Crippen LogP contribution in [-0.2, 0) is 4.79 Å². The summed E-state index contributed by atoms with van der Waals surface area (Å²) in [4.78, 5) is 14.7. The van der Waals surface area contributed by atoms with Gasteiger partial charge in [0.1, 0.15) is 5.76 Å². The first kappa shape index (κ1) is 14.8. The first-order chi connectivity index (χ1) is 10.0. The summed E-state index contributed by atoms with van der Waals surface area (Å²) in [6, 6.07) is 11.4. The zero-order valence-electron chi connectivity index (χ0n) is 11.0. The zero-order chi connectivity index (χ0) is 15.0. The molecular formula is C15H10INO2S2. The second-order valence-corrected chi connectivity index (χ2v) is 7.24.